The largest absolute Gasteiger partial charge is 0.293 e. The van der Waals surface area contributed by atoms with E-state index in [1.54, 1.807) is 17.4 Å². The number of fused-ring (bicyclic) bond motifs is 1. The van der Waals surface area contributed by atoms with Gasteiger partial charge >= 0.3 is 0 Å². The molecule has 0 amide bonds. The lowest BCUT2D eigenvalue weighted by Crippen LogP contribution is -1.96. The summed E-state index contributed by atoms with van der Waals surface area (Å²) in [5.74, 6) is 0.222. The fourth-order valence-corrected chi connectivity index (χ4v) is 3.06. The first kappa shape index (κ1) is 9.66. The van der Waals surface area contributed by atoms with Gasteiger partial charge in [-0.3, -0.25) is 4.79 Å². The molecule has 1 aliphatic rings. The van der Waals surface area contributed by atoms with Crippen LogP contribution in [0.25, 0.3) is 0 Å². The second kappa shape index (κ2) is 4.09. The smallest absolute Gasteiger partial charge is 0.176 e. The number of hydrogen-bond donors (Lipinski definition) is 0. The van der Waals surface area contributed by atoms with Crippen molar-refractivity contribution in [3.8, 4) is 0 Å². The van der Waals surface area contributed by atoms with E-state index in [0.29, 0.717) is 6.42 Å². The molecule has 0 bridgehead atoms. The Morgan fingerprint density at radius 3 is 3.00 bits per heavy atom. The van der Waals surface area contributed by atoms with E-state index in [9.17, 15) is 4.79 Å². The van der Waals surface area contributed by atoms with E-state index in [-0.39, 0.29) is 5.78 Å². The average Bonchev–Trinajstić information content (AvgIpc) is 2.61. The maximum Gasteiger partial charge on any atom is 0.176 e. The predicted octanol–water partition coefficient (Wildman–Crippen LogP) is 3.39. The Morgan fingerprint density at radius 2 is 2.29 bits per heavy atom. The van der Waals surface area contributed by atoms with Gasteiger partial charge in [0.25, 0.3) is 0 Å². The molecule has 0 unspecified atom stereocenters. The molecule has 1 aliphatic carbocycles. The van der Waals surface area contributed by atoms with Gasteiger partial charge in [0.05, 0.1) is 4.88 Å². The summed E-state index contributed by atoms with van der Waals surface area (Å²) in [5, 5.41) is 0. The monoisotopic (exact) mass is 206 g/mol. The van der Waals surface area contributed by atoms with Crippen LogP contribution >= 0.6 is 11.3 Å². The number of aryl methyl sites for hydroxylation is 2. The Kier molecular flexibility index (Phi) is 2.82. The summed E-state index contributed by atoms with van der Waals surface area (Å²) in [4.78, 5) is 14.0. The van der Waals surface area contributed by atoms with E-state index >= 15 is 0 Å². The van der Waals surface area contributed by atoms with Crippen molar-refractivity contribution in [2.75, 3.05) is 0 Å². The predicted molar refractivity (Wildman–Crippen MR) is 60.1 cm³/mol. The quantitative estimate of drug-likeness (QED) is 0.547. The van der Waals surface area contributed by atoms with Crippen molar-refractivity contribution >= 4 is 17.1 Å². The van der Waals surface area contributed by atoms with Crippen molar-refractivity contribution < 1.29 is 4.79 Å². The number of carbonyl (C=O) groups is 1. The van der Waals surface area contributed by atoms with Crippen LogP contribution in [0.3, 0.4) is 0 Å². The first-order valence-electron chi connectivity index (χ1n) is 5.07. The van der Waals surface area contributed by atoms with Crippen molar-refractivity contribution in [2.45, 2.75) is 32.1 Å². The summed E-state index contributed by atoms with van der Waals surface area (Å²) < 4.78 is 0. The lowest BCUT2D eigenvalue weighted by Gasteiger charge is -2.08. The first-order chi connectivity index (χ1) is 6.81. The molecular weight excluding hydrogens is 192 g/mol. The lowest BCUT2D eigenvalue weighted by atomic mass is 9.99. The molecule has 0 radical (unpaired) electrons. The van der Waals surface area contributed by atoms with Gasteiger partial charge in [-0.15, -0.1) is 17.9 Å². The molecule has 0 fully saturated rings. The van der Waals surface area contributed by atoms with E-state index in [1.165, 1.54) is 29.7 Å². The molecule has 0 spiro atoms. The molecule has 1 aromatic heterocycles. The second-order valence-electron chi connectivity index (χ2n) is 3.68. The summed E-state index contributed by atoms with van der Waals surface area (Å²) in [6.07, 6.45) is 7.04. The molecule has 0 atom stereocenters. The fraction of sp³-hybridized carbons (Fsp3) is 0.417. The van der Waals surface area contributed by atoms with Crippen molar-refractivity contribution in [3.63, 3.8) is 0 Å². The molecule has 14 heavy (non-hydrogen) atoms. The molecule has 0 aliphatic heterocycles. The SMILES string of the molecule is C=CCC(=O)c1cc2c(s1)CCCC2. The molecule has 2 heteroatoms. The maximum atomic E-state index is 11.6. The van der Waals surface area contributed by atoms with Crippen LogP contribution in [0.15, 0.2) is 18.7 Å². The highest BCUT2D eigenvalue weighted by Gasteiger charge is 2.16. The normalized spacial score (nSPS) is 14.9. The number of carbonyl (C=O) groups excluding carboxylic acids is 1. The molecule has 0 aromatic carbocycles. The van der Waals surface area contributed by atoms with E-state index < -0.39 is 0 Å². The third-order valence-electron chi connectivity index (χ3n) is 2.60. The van der Waals surface area contributed by atoms with Crippen LogP contribution in [0.1, 0.15) is 39.4 Å². The number of ketones is 1. The number of allylic oxidation sites excluding steroid dienone is 1. The highest BCUT2D eigenvalue weighted by Crippen LogP contribution is 2.30. The standard InChI is InChI=1S/C12H14OS/c1-2-5-10(13)12-8-9-6-3-4-7-11(9)14-12/h2,8H,1,3-7H2. The van der Waals surface area contributed by atoms with Gasteiger partial charge in [-0.2, -0.15) is 0 Å². The molecule has 2 rings (SSSR count). The third kappa shape index (κ3) is 1.80. The van der Waals surface area contributed by atoms with Crippen molar-refractivity contribution in [2.24, 2.45) is 0 Å². The van der Waals surface area contributed by atoms with Gasteiger partial charge in [0.1, 0.15) is 0 Å². The molecule has 0 N–H and O–H groups in total. The van der Waals surface area contributed by atoms with Crippen LogP contribution in [0.4, 0.5) is 0 Å². The van der Waals surface area contributed by atoms with Crippen LogP contribution in [-0.4, -0.2) is 5.78 Å². The average molecular weight is 206 g/mol. The van der Waals surface area contributed by atoms with Crippen LogP contribution in [-0.2, 0) is 12.8 Å². The minimum absolute atomic E-state index is 0.222. The zero-order chi connectivity index (χ0) is 9.97. The zero-order valence-corrected chi connectivity index (χ0v) is 9.03. The minimum Gasteiger partial charge on any atom is -0.293 e. The van der Waals surface area contributed by atoms with Gasteiger partial charge in [0, 0.05) is 11.3 Å². The van der Waals surface area contributed by atoms with E-state index in [4.69, 9.17) is 0 Å². The van der Waals surface area contributed by atoms with Crippen molar-refractivity contribution in [1.29, 1.82) is 0 Å². The second-order valence-corrected chi connectivity index (χ2v) is 4.82. The van der Waals surface area contributed by atoms with Gasteiger partial charge in [0.15, 0.2) is 5.78 Å². The van der Waals surface area contributed by atoms with Crippen LogP contribution in [0.2, 0.25) is 0 Å². The van der Waals surface area contributed by atoms with Gasteiger partial charge in [-0.25, -0.2) is 0 Å². The minimum atomic E-state index is 0.222. The number of Topliss-reactive ketones (excluding diaryl/α,β-unsaturated/α-hetero) is 1. The molecule has 74 valence electrons. The van der Waals surface area contributed by atoms with Gasteiger partial charge in [-0.05, 0) is 37.3 Å². The van der Waals surface area contributed by atoms with Crippen molar-refractivity contribution in [1.82, 2.24) is 0 Å². The van der Waals surface area contributed by atoms with Crippen LogP contribution in [0.5, 0.6) is 0 Å². The van der Waals surface area contributed by atoms with E-state index in [1.807, 2.05) is 0 Å². The fourth-order valence-electron chi connectivity index (χ4n) is 1.86. The number of thiophene rings is 1. The highest BCUT2D eigenvalue weighted by atomic mass is 32.1. The maximum absolute atomic E-state index is 11.6. The Labute approximate surface area is 88.5 Å². The summed E-state index contributed by atoms with van der Waals surface area (Å²) in [6.45, 7) is 3.59. The van der Waals surface area contributed by atoms with Gasteiger partial charge in [-0.1, -0.05) is 6.08 Å². The topological polar surface area (TPSA) is 17.1 Å². The first-order valence-corrected chi connectivity index (χ1v) is 5.88. The highest BCUT2D eigenvalue weighted by molar-refractivity contribution is 7.14. The Balaban J connectivity index is 2.23. The Hall–Kier alpha value is -0.890. The molecule has 1 aromatic rings. The summed E-state index contributed by atoms with van der Waals surface area (Å²) in [6, 6.07) is 2.09. The van der Waals surface area contributed by atoms with Gasteiger partial charge in [0.2, 0.25) is 0 Å². The summed E-state index contributed by atoms with van der Waals surface area (Å²) in [7, 11) is 0. The third-order valence-corrected chi connectivity index (χ3v) is 3.88. The van der Waals surface area contributed by atoms with Crippen LogP contribution < -0.4 is 0 Å². The lowest BCUT2D eigenvalue weighted by molar-refractivity contribution is 0.0999. The molecule has 1 nitrogen and oxygen atoms in total. The van der Waals surface area contributed by atoms with Crippen LogP contribution in [0, 0.1) is 0 Å². The molecule has 0 saturated carbocycles. The summed E-state index contributed by atoms with van der Waals surface area (Å²) in [5.41, 5.74) is 1.41. The van der Waals surface area contributed by atoms with E-state index in [0.717, 1.165) is 11.3 Å². The summed E-state index contributed by atoms with van der Waals surface area (Å²) >= 11 is 1.69. The number of hydrogen-bond acceptors (Lipinski definition) is 2. The molecule has 0 saturated heterocycles. The molecular formula is C12H14OS. The Morgan fingerprint density at radius 1 is 1.50 bits per heavy atom. The molecule has 1 heterocycles. The Bertz CT molecular complexity index is 339. The van der Waals surface area contributed by atoms with E-state index in [2.05, 4.69) is 12.6 Å². The van der Waals surface area contributed by atoms with Gasteiger partial charge < -0.3 is 0 Å². The number of rotatable bonds is 3. The van der Waals surface area contributed by atoms with Crippen molar-refractivity contribution in [3.05, 3.63) is 34.0 Å². The zero-order valence-electron chi connectivity index (χ0n) is 8.21.